The van der Waals surface area contributed by atoms with Crippen LogP contribution in [-0.2, 0) is 14.4 Å². The van der Waals surface area contributed by atoms with E-state index in [0.717, 1.165) is 37.3 Å². The van der Waals surface area contributed by atoms with Crippen LogP contribution in [0.1, 0.15) is 44.2 Å². The zero-order valence-electron chi connectivity index (χ0n) is 15.9. The van der Waals surface area contributed by atoms with Gasteiger partial charge in [0.2, 0.25) is 0 Å². The second kappa shape index (κ2) is 8.99. The van der Waals surface area contributed by atoms with Crippen molar-refractivity contribution in [2.45, 2.75) is 38.6 Å². The molecule has 0 aliphatic carbocycles. The lowest BCUT2D eigenvalue weighted by molar-refractivity contribution is -0.140. The highest BCUT2D eigenvalue weighted by Crippen LogP contribution is 2.35. The maximum absolute atomic E-state index is 12.7. The van der Waals surface area contributed by atoms with Crippen LogP contribution in [-0.4, -0.2) is 55.3 Å². The number of nitrogens with one attached hydrogen (secondary N) is 2. The van der Waals surface area contributed by atoms with Gasteiger partial charge in [0.1, 0.15) is 6.04 Å². The summed E-state index contributed by atoms with van der Waals surface area (Å²) in [6.45, 7) is 5.85. The number of para-hydroxylation sites is 1. The Balaban J connectivity index is 1.55. The van der Waals surface area contributed by atoms with Crippen molar-refractivity contribution >= 4 is 23.4 Å². The fourth-order valence-corrected chi connectivity index (χ4v) is 3.77. The van der Waals surface area contributed by atoms with Crippen molar-refractivity contribution in [2.24, 2.45) is 0 Å². The number of likely N-dealkylation sites (tertiary alicyclic amines) is 1. The van der Waals surface area contributed by atoms with Gasteiger partial charge < -0.3 is 20.4 Å². The fraction of sp³-hybridized carbons (Fsp3) is 0.550. The van der Waals surface area contributed by atoms with Gasteiger partial charge in [-0.3, -0.25) is 14.4 Å². The van der Waals surface area contributed by atoms with Gasteiger partial charge in [0.15, 0.2) is 0 Å². The molecular formula is C20H28N4O3. The minimum absolute atomic E-state index is 0.187. The van der Waals surface area contributed by atoms with E-state index in [-0.39, 0.29) is 5.91 Å². The molecule has 0 saturated carbocycles. The Bertz CT molecular complexity index is 700. The van der Waals surface area contributed by atoms with Crippen LogP contribution in [0.4, 0.5) is 5.69 Å². The summed E-state index contributed by atoms with van der Waals surface area (Å²) >= 11 is 0. The molecule has 0 radical (unpaired) electrons. The highest BCUT2D eigenvalue weighted by atomic mass is 16.2. The molecule has 0 bridgehead atoms. The number of anilines is 1. The van der Waals surface area contributed by atoms with E-state index in [9.17, 15) is 14.4 Å². The maximum Gasteiger partial charge on any atom is 0.310 e. The molecule has 7 nitrogen and oxygen atoms in total. The van der Waals surface area contributed by atoms with Crippen molar-refractivity contribution in [2.75, 3.05) is 37.6 Å². The molecule has 2 aliphatic heterocycles. The van der Waals surface area contributed by atoms with E-state index in [2.05, 4.69) is 15.5 Å². The third kappa shape index (κ3) is 4.47. The predicted molar refractivity (Wildman–Crippen MR) is 103 cm³/mol. The molecule has 1 saturated heterocycles. The zero-order valence-corrected chi connectivity index (χ0v) is 15.9. The summed E-state index contributed by atoms with van der Waals surface area (Å²) < 4.78 is 0. The zero-order chi connectivity index (χ0) is 19.2. The highest BCUT2D eigenvalue weighted by Gasteiger charge is 2.38. The number of benzene rings is 1. The van der Waals surface area contributed by atoms with E-state index < -0.39 is 17.9 Å². The lowest BCUT2D eigenvalue weighted by Crippen LogP contribution is -2.46. The molecule has 1 fully saturated rings. The Hall–Kier alpha value is -2.41. The number of fused-ring (bicyclic) bond motifs is 1. The second-order valence-electron chi connectivity index (χ2n) is 7.11. The molecule has 2 N–H and O–H groups in total. The van der Waals surface area contributed by atoms with E-state index in [0.29, 0.717) is 13.1 Å². The van der Waals surface area contributed by atoms with Gasteiger partial charge in [-0.25, -0.2) is 0 Å². The van der Waals surface area contributed by atoms with E-state index >= 15 is 0 Å². The number of nitrogens with zero attached hydrogens (tertiary/aromatic N) is 2. The Morgan fingerprint density at radius 3 is 2.56 bits per heavy atom. The van der Waals surface area contributed by atoms with Crippen LogP contribution in [0.2, 0.25) is 0 Å². The summed E-state index contributed by atoms with van der Waals surface area (Å²) in [6.07, 6.45) is 4.45. The van der Waals surface area contributed by atoms with Crippen LogP contribution >= 0.6 is 0 Å². The van der Waals surface area contributed by atoms with Gasteiger partial charge in [0.25, 0.3) is 5.91 Å². The molecule has 1 atom stereocenters. The first kappa shape index (κ1) is 19.4. The highest BCUT2D eigenvalue weighted by molar-refractivity contribution is 6.35. The number of piperidine rings is 1. The molecule has 0 unspecified atom stereocenters. The Morgan fingerprint density at radius 1 is 1.07 bits per heavy atom. The minimum Gasteiger partial charge on any atom is -0.347 e. The van der Waals surface area contributed by atoms with E-state index in [1.165, 1.54) is 19.3 Å². The molecule has 3 amide bonds. The minimum atomic E-state index is -0.798. The van der Waals surface area contributed by atoms with Gasteiger partial charge in [0, 0.05) is 30.9 Å². The van der Waals surface area contributed by atoms with Crippen LogP contribution in [0, 0.1) is 0 Å². The third-order valence-electron chi connectivity index (χ3n) is 5.14. The summed E-state index contributed by atoms with van der Waals surface area (Å²) in [4.78, 5) is 41.1. The van der Waals surface area contributed by atoms with Crippen LogP contribution in [0.25, 0.3) is 0 Å². The van der Waals surface area contributed by atoms with E-state index in [1.54, 1.807) is 4.90 Å². The van der Waals surface area contributed by atoms with Crippen LogP contribution in [0.5, 0.6) is 0 Å². The van der Waals surface area contributed by atoms with Gasteiger partial charge in [-0.2, -0.15) is 0 Å². The number of hydrogen-bond acceptors (Lipinski definition) is 4. The number of hydrogen-bond donors (Lipinski definition) is 2. The Kier molecular flexibility index (Phi) is 6.45. The predicted octanol–water partition coefficient (Wildman–Crippen LogP) is 1.20. The maximum atomic E-state index is 12.7. The van der Waals surface area contributed by atoms with Crippen molar-refractivity contribution in [1.82, 2.24) is 15.5 Å². The van der Waals surface area contributed by atoms with Gasteiger partial charge in [-0.05, 0) is 38.4 Å². The number of carbonyl (C=O) groups is 3. The van der Waals surface area contributed by atoms with Crippen molar-refractivity contribution < 1.29 is 14.4 Å². The third-order valence-corrected chi connectivity index (χ3v) is 5.14. The van der Waals surface area contributed by atoms with Gasteiger partial charge >= 0.3 is 11.8 Å². The van der Waals surface area contributed by atoms with Crippen molar-refractivity contribution in [3.05, 3.63) is 29.8 Å². The SMILES string of the molecule is CCCN1C(=O)[C@@H](NC(=O)C(=O)NCCN2CCCCC2)c2ccccc21. The summed E-state index contributed by atoms with van der Waals surface area (Å²) in [7, 11) is 0. The molecule has 2 aliphatic rings. The molecule has 3 rings (SSSR count). The van der Waals surface area contributed by atoms with Crippen molar-refractivity contribution in [1.29, 1.82) is 0 Å². The lowest BCUT2D eigenvalue weighted by atomic mass is 10.1. The fourth-order valence-electron chi connectivity index (χ4n) is 3.77. The monoisotopic (exact) mass is 372 g/mol. The van der Waals surface area contributed by atoms with E-state index in [1.807, 2.05) is 31.2 Å². The second-order valence-corrected chi connectivity index (χ2v) is 7.11. The standard InChI is InChI=1S/C20H28N4O3/c1-2-11-24-16-9-5-4-8-15(16)17(20(24)27)22-19(26)18(25)21-10-14-23-12-6-3-7-13-23/h4-5,8-9,17H,2-3,6-7,10-14H2,1H3,(H,21,25)(H,22,26)/t17-/m0/s1. The molecule has 7 heteroatoms. The Morgan fingerprint density at radius 2 is 1.81 bits per heavy atom. The first-order chi connectivity index (χ1) is 13.1. The summed E-state index contributed by atoms with van der Waals surface area (Å²) in [5.41, 5.74) is 1.55. The number of amides is 3. The van der Waals surface area contributed by atoms with E-state index in [4.69, 9.17) is 0 Å². The van der Waals surface area contributed by atoms with Gasteiger partial charge in [-0.15, -0.1) is 0 Å². The normalized spacial score (nSPS) is 19.7. The van der Waals surface area contributed by atoms with Crippen LogP contribution in [0.15, 0.2) is 24.3 Å². The molecule has 2 heterocycles. The van der Waals surface area contributed by atoms with Crippen LogP contribution in [0.3, 0.4) is 0 Å². The molecule has 27 heavy (non-hydrogen) atoms. The van der Waals surface area contributed by atoms with Crippen molar-refractivity contribution in [3.8, 4) is 0 Å². The van der Waals surface area contributed by atoms with Gasteiger partial charge in [0.05, 0.1) is 0 Å². The molecule has 0 spiro atoms. The average molecular weight is 372 g/mol. The summed E-state index contributed by atoms with van der Waals surface area (Å²) in [5, 5.41) is 5.27. The lowest BCUT2D eigenvalue weighted by Gasteiger charge is -2.26. The summed E-state index contributed by atoms with van der Waals surface area (Å²) in [6, 6.07) is 6.59. The van der Waals surface area contributed by atoms with Crippen molar-refractivity contribution in [3.63, 3.8) is 0 Å². The average Bonchev–Trinajstić information content (AvgIpc) is 2.95. The molecule has 1 aromatic carbocycles. The number of carbonyl (C=O) groups excluding carboxylic acids is 3. The molecule has 0 aromatic heterocycles. The molecule has 1 aromatic rings. The first-order valence-electron chi connectivity index (χ1n) is 9.83. The smallest absolute Gasteiger partial charge is 0.310 e. The van der Waals surface area contributed by atoms with Gasteiger partial charge in [-0.1, -0.05) is 31.5 Å². The summed E-state index contributed by atoms with van der Waals surface area (Å²) in [5.74, 6) is -1.64. The largest absolute Gasteiger partial charge is 0.347 e. The van der Waals surface area contributed by atoms with Crippen LogP contribution < -0.4 is 15.5 Å². The molecular weight excluding hydrogens is 344 g/mol. The number of rotatable bonds is 6. The Labute approximate surface area is 160 Å². The quantitative estimate of drug-likeness (QED) is 0.736. The first-order valence-corrected chi connectivity index (χ1v) is 9.83. The molecule has 146 valence electrons. The topological polar surface area (TPSA) is 81.8 Å².